The molecular weight excluding hydrogens is 392 g/mol. The van der Waals surface area contributed by atoms with Crippen LogP contribution in [0.1, 0.15) is 17.9 Å². The lowest BCUT2D eigenvalue weighted by Crippen LogP contribution is -2.06. The van der Waals surface area contributed by atoms with Gasteiger partial charge in [-0.2, -0.15) is 8.78 Å². The Labute approximate surface area is 160 Å². The molecule has 0 radical (unpaired) electrons. The van der Waals surface area contributed by atoms with Crippen molar-refractivity contribution in [3.8, 4) is 22.7 Å². The Kier molecular flexibility index (Phi) is 4.71. The third kappa shape index (κ3) is 3.79. The first kappa shape index (κ1) is 18.6. The summed E-state index contributed by atoms with van der Waals surface area (Å²) in [6, 6.07) is 8.79. The highest BCUT2D eigenvalue weighted by molar-refractivity contribution is 5.62. The molecule has 2 aromatic carbocycles. The summed E-state index contributed by atoms with van der Waals surface area (Å²) in [5.74, 6) is -3.17. The lowest BCUT2D eigenvalue weighted by Gasteiger charge is -2.06. The van der Waals surface area contributed by atoms with Crippen LogP contribution in [0.3, 0.4) is 0 Å². The number of aromatic nitrogens is 5. The number of hydrogen-bond donors (Lipinski definition) is 1. The summed E-state index contributed by atoms with van der Waals surface area (Å²) in [6.07, 6.45) is -1.46. The second-order valence-electron chi connectivity index (χ2n) is 6.09. The van der Waals surface area contributed by atoms with Gasteiger partial charge >= 0.3 is 6.43 Å². The van der Waals surface area contributed by atoms with Crippen molar-refractivity contribution in [2.45, 2.75) is 13.0 Å². The average molecular weight is 404 g/mol. The van der Waals surface area contributed by atoms with Crippen LogP contribution in [0.5, 0.6) is 0 Å². The molecule has 0 bridgehead atoms. The lowest BCUT2D eigenvalue weighted by molar-refractivity contribution is 0.116. The highest BCUT2D eigenvalue weighted by Crippen LogP contribution is 2.27. The number of nitrogen functional groups attached to an aromatic ring is 1. The molecule has 2 heterocycles. The van der Waals surface area contributed by atoms with Gasteiger partial charge in [-0.25, -0.2) is 13.5 Å². The van der Waals surface area contributed by atoms with E-state index < -0.39 is 29.8 Å². The molecule has 4 aromatic rings. The van der Waals surface area contributed by atoms with E-state index in [2.05, 4.69) is 20.5 Å². The molecule has 4 rings (SSSR count). The molecule has 0 amide bonds. The molecule has 29 heavy (non-hydrogen) atoms. The van der Waals surface area contributed by atoms with Crippen LogP contribution in [0.4, 0.5) is 23.2 Å². The van der Waals surface area contributed by atoms with Gasteiger partial charge in [-0.15, -0.1) is 15.3 Å². The van der Waals surface area contributed by atoms with Gasteiger partial charge in [0.25, 0.3) is 5.89 Å². The number of hydrogen-bond acceptors (Lipinski definition) is 6. The van der Waals surface area contributed by atoms with E-state index >= 15 is 0 Å². The molecule has 0 unspecified atom stereocenters. The Morgan fingerprint density at radius 1 is 1.00 bits per heavy atom. The van der Waals surface area contributed by atoms with Gasteiger partial charge < -0.3 is 10.2 Å². The van der Waals surface area contributed by atoms with Gasteiger partial charge in [-0.3, -0.25) is 0 Å². The van der Waals surface area contributed by atoms with Gasteiger partial charge in [0.05, 0.1) is 12.7 Å². The van der Waals surface area contributed by atoms with Crippen molar-refractivity contribution in [2.75, 3.05) is 5.73 Å². The first-order valence-electron chi connectivity index (χ1n) is 8.26. The zero-order chi connectivity index (χ0) is 20.5. The van der Waals surface area contributed by atoms with E-state index in [4.69, 9.17) is 10.2 Å². The maximum absolute atomic E-state index is 14.5. The number of nitrogens with zero attached hydrogens (tertiary/aromatic N) is 5. The van der Waals surface area contributed by atoms with Crippen molar-refractivity contribution in [2.24, 2.45) is 0 Å². The molecule has 0 fully saturated rings. The first-order valence-corrected chi connectivity index (χ1v) is 8.26. The van der Waals surface area contributed by atoms with Gasteiger partial charge in [0.15, 0.2) is 0 Å². The molecule has 0 aliphatic rings. The number of anilines is 1. The summed E-state index contributed by atoms with van der Waals surface area (Å²) in [4.78, 5) is 0. The van der Waals surface area contributed by atoms with Gasteiger partial charge in [0.2, 0.25) is 5.89 Å². The average Bonchev–Trinajstić information content (AvgIpc) is 3.34. The van der Waals surface area contributed by atoms with E-state index in [0.29, 0.717) is 16.9 Å². The standard InChI is InChI=1S/C18H12F4N6O/c19-13-5-10(17-25-26-18(29-17)16(21)22)6-14(20)12(13)7-28-8-15(24-27-28)9-2-1-3-11(23)4-9/h1-6,8,16H,7,23H2. The summed E-state index contributed by atoms with van der Waals surface area (Å²) in [5, 5.41) is 14.4. The molecule has 0 spiro atoms. The fourth-order valence-electron chi connectivity index (χ4n) is 2.68. The SMILES string of the molecule is Nc1cccc(-c2cn(Cc3c(F)cc(-c4nnc(C(F)F)o4)cc3F)nn2)c1. The van der Waals surface area contributed by atoms with E-state index in [1.165, 1.54) is 10.9 Å². The fraction of sp³-hybridized carbons (Fsp3) is 0.111. The quantitative estimate of drug-likeness (QED) is 0.401. The highest BCUT2D eigenvalue weighted by Gasteiger charge is 2.20. The summed E-state index contributed by atoms with van der Waals surface area (Å²) >= 11 is 0. The molecule has 0 aliphatic heterocycles. The zero-order valence-electron chi connectivity index (χ0n) is 14.6. The Hall–Kier alpha value is -3.76. The molecule has 0 atom stereocenters. The summed E-state index contributed by atoms with van der Waals surface area (Å²) in [5.41, 5.74) is 7.03. The van der Waals surface area contributed by atoms with Crippen LogP contribution in [0, 0.1) is 11.6 Å². The van der Waals surface area contributed by atoms with Crippen LogP contribution in [0.25, 0.3) is 22.7 Å². The van der Waals surface area contributed by atoms with Crippen molar-refractivity contribution < 1.29 is 22.0 Å². The van der Waals surface area contributed by atoms with Crippen molar-refractivity contribution in [1.82, 2.24) is 25.2 Å². The predicted octanol–water partition coefficient (Wildman–Crippen LogP) is 3.84. The lowest BCUT2D eigenvalue weighted by atomic mass is 10.1. The Morgan fingerprint density at radius 3 is 2.41 bits per heavy atom. The Bertz CT molecular complexity index is 1150. The topological polar surface area (TPSA) is 95.7 Å². The van der Waals surface area contributed by atoms with Gasteiger partial charge in [0.1, 0.15) is 17.3 Å². The fourth-order valence-corrected chi connectivity index (χ4v) is 2.68. The van der Waals surface area contributed by atoms with Crippen LogP contribution in [0.15, 0.2) is 47.0 Å². The van der Waals surface area contributed by atoms with E-state index in [-0.39, 0.29) is 17.7 Å². The molecule has 2 aromatic heterocycles. The third-order valence-corrected chi connectivity index (χ3v) is 4.06. The van der Waals surface area contributed by atoms with Gasteiger partial charge in [0, 0.05) is 22.4 Å². The first-order chi connectivity index (χ1) is 13.9. The Balaban J connectivity index is 1.59. The predicted molar refractivity (Wildman–Crippen MR) is 93.6 cm³/mol. The van der Waals surface area contributed by atoms with Gasteiger partial charge in [-0.1, -0.05) is 17.3 Å². The second kappa shape index (κ2) is 7.34. The minimum atomic E-state index is -2.98. The zero-order valence-corrected chi connectivity index (χ0v) is 14.6. The van der Waals surface area contributed by atoms with E-state index in [1.807, 2.05) is 0 Å². The van der Waals surface area contributed by atoms with Crippen molar-refractivity contribution in [3.63, 3.8) is 0 Å². The number of halogens is 4. The summed E-state index contributed by atoms with van der Waals surface area (Å²) in [6.45, 7) is -0.237. The second-order valence-corrected chi connectivity index (χ2v) is 6.09. The molecule has 0 saturated heterocycles. The number of alkyl halides is 2. The van der Waals surface area contributed by atoms with Crippen molar-refractivity contribution in [1.29, 1.82) is 0 Å². The number of nitrogens with two attached hydrogens (primary N) is 1. The van der Waals surface area contributed by atoms with Crippen LogP contribution in [0.2, 0.25) is 0 Å². The van der Waals surface area contributed by atoms with Crippen LogP contribution in [-0.2, 0) is 6.54 Å². The van der Waals surface area contributed by atoms with E-state index in [9.17, 15) is 17.6 Å². The van der Waals surface area contributed by atoms with E-state index in [0.717, 1.165) is 12.1 Å². The van der Waals surface area contributed by atoms with E-state index in [1.54, 1.807) is 24.3 Å². The smallest absolute Gasteiger partial charge is 0.314 e. The molecule has 148 valence electrons. The third-order valence-electron chi connectivity index (χ3n) is 4.06. The maximum atomic E-state index is 14.5. The molecule has 0 saturated carbocycles. The minimum Gasteiger partial charge on any atom is -0.415 e. The monoisotopic (exact) mass is 404 g/mol. The van der Waals surface area contributed by atoms with Crippen molar-refractivity contribution in [3.05, 3.63) is 65.7 Å². The molecular formula is C18H12F4N6O. The normalized spacial score (nSPS) is 11.3. The molecule has 2 N–H and O–H groups in total. The van der Waals surface area contributed by atoms with Crippen LogP contribution in [-0.4, -0.2) is 25.2 Å². The van der Waals surface area contributed by atoms with Crippen molar-refractivity contribution >= 4 is 5.69 Å². The van der Waals surface area contributed by atoms with Crippen LogP contribution >= 0.6 is 0 Å². The number of rotatable bonds is 5. The summed E-state index contributed by atoms with van der Waals surface area (Å²) < 4.78 is 60.0. The van der Waals surface area contributed by atoms with Gasteiger partial charge in [-0.05, 0) is 24.3 Å². The highest BCUT2D eigenvalue weighted by atomic mass is 19.3. The summed E-state index contributed by atoms with van der Waals surface area (Å²) in [7, 11) is 0. The molecule has 0 aliphatic carbocycles. The largest absolute Gasteiger partial charge is 0.415 e. The maximum Gasteiger partial charge on any atom is 0.314 e. The number of benzene rings is 2. The molecule has 11 heteroatoms. The Morgan fingerprint density at radius 2 is 1.76 bits per heavy atom. The van der Waals surface area contributed by atoms with Crippen LogP contribution < -0.4 is 5.73 Å². The molecule has 7 nitrogen and oxygen atoms in total. The minimum absolute atomic E-state index is 0.151.